The number of nitrogens with one attached hydrogen (secondary N) is 1. The molecule has 0 unspecified atom stereocenters. The monoisotopic (exact) mass is 427 g/mol. The van der Waals surface area contributed by atoms with Crippen molar-refractivity contribution in [3.05, 3.63) is 29.5 Å². The molecule has 0 spiro atoms. The van der Waals surface area contributed by atoms with Crippen molar-refractivity contribution in [1.29, 1.82) is 0 Å². The number of unbranched alkanes of at least 4 members (excludes halogenated alkanes) is 8. The number of aromatic nitrogens is 2. The van der Waals surface area contributed by atoms with Crippen LogP contribution in [0.25, 0.3) is 0 Å². The standard InChI is InChI=1S/C25H41N5O/c1-3-5-7-8-9-10-11-12-13-14-15-16-25(31)30-19-17-23-22(21-30)20-24(29-27-23)28-26-18-6-4-2/h8-9,18,20H,3-7,10-17,19,21H2,1-2H3,(H,28,29)/b9-8-,26-18?. The van der Waals surface area contributed by atoms with Crippen LogP contribution in [0.1, 0.15) is 102 Å². The molecule has 1 aromatic heterocycles. The highest BCUT2D eigenvalue weighted by atomic mass is 16.2. The molecule has 0 aliphatic carbocycles. The van der Waals surface area contributed by atoms with Gasteiger partial charge in [0.15, 0.2) is 5.82 Å². The number of allylic oxidation sites excluding steroid dienone is 2. The second kappa shape index (κ2) is 15.5. The molecule has 1 aromatic rings. The molecule has 172 valence electrons. The van der Waals surface area contributed by atoms with Crippen molar-refractivity contribution in [2.45, 2.75) is 104 Å². The Labute approximate surface area is 188 Å². The van der Waals surface area contributed by atoms with Gasteiger partial charge in [-0.25, -0.2) is 0 Å². The molecule has 1 amide bonds. The van der Waals surface area contributed by atoms with Crippen molar-refractivity contribution in [2.75, 3.05) is 12.0 Å². The number of carbonyl (C=O) groups excluding carboxylic acids is 1. The fourth-order valence-corrected chi connectivity index (χ4v) is 3.69. The van der Waals surface area contributed by atoms with Crippen molar-refractivity contribution >= 4 is 17.9 Å². The van der Waals surface area contributed by atoms with Crippen LogP contribution in [0.15, 0.2) is 23.3 Å². The molecule has 0 radical (unpaired) electrons. The minimum atomic E-state index is 0.261. The Kier molecular flexibility index (Phi) is 12.5. The number of anilines is 1. The third-order valence-corrected chi connectivity index (χ3v) is 5.63. The molecular weight excluding hydrogens is 386 g/mol. The van der Waals surface area contributed by atoms with Crippen molar-refractivity contribution in [3.8, 4) is 0 Å². The largest absolute Gasteiger partial charge is 0.338 e. The van der Waals surface area contributed by atoms with Crippen LogP contribution in [0.3, 0.4) is 0 Å². The third kappa shape index (κ3) is 10.1. The summed E-state index contributed by atoms with van der Waals surface area (Å²) in [5.41, 5.74) is 5.01. The van der Waals surface area contributed by atoms with E-state index in [0.717, 1.165) is 49.9 Å². The predicted octanol–water partition coefficient (Wildman–Crippen LogP) is 6.04. The summed E-state index contributed by atoms with van der Waals surface area (Å²) in [6.45, 7) is 5.72. The van der Waals surface area contributed by atoms with Gasteiger partial charge < -0.3 is 4.90 Å². The summed E-state index contributed by atoms with van der Waals surface area (Å²) >= 11 is 0. The summed E-state index contributed by atoms with van der Waals surface area (Å²) in [7, 11) is 0. The molecule has 2 heterocycles. The first-order chi connectivity index (χ1) is 15.2. The van der Waals surface area contributed by atoms with E-state index in [-0.39, 0.29) is 5.91 Å². The average Bonchev–Trinajstić information content (AvgIpc) is 2.79. The Morgan fingerprint density at radius 3 is 2.61 bits per heavy atom. The summed E-state index contributed by atoms with van der Waals surface area (Å²) in [4.78, 5) is 14.6. The van der Waals surface area contributed by atoms with Gasteiger partial charge >= 0.3 is 0 Å². The summed E-state index contributed by atoms with van der Waals surface area (Å²) in [5, 5.41) is 12.7. The fraction of sp³-hybridized carbons (Fsp3) is 0.680. The third-order valence-electron chi connectivity index (χ3n) is 5.63. The van der Waals surface area contributed by atoms with Gasteiger partial charge in [0, 0.05) is 32.1 Å². The Bertz CT molecular complexity index is 701. The first kappa shape index (κ1) is 25.0. The summed E-state index contributed by atoms with van der Waals surface area (Å²) in [6, 6.07) is 1.97. The van der Waals surface area contributed by atoms with Crippen LogP contribution in [0.2, 0.25) is 0 Å². The average molecular weight is 428 g/mol. The number of rotatable bonds is 15. The zero-order valence-corrected chi connectivity index (χ0v) is 19.6. The van der Waals surface area contributed by atoms with E-state index in [2.05, 4.69) is 46.7 Å². The number of hydrazone groups is 1. The van der Waals surface area contributed by atoms with Gasteiger partial charge in [-0.3, -0.25) is 10.2 Å². The van der Waals surface area contributed by atoms with Crippen LogP contribution in [-0.4, -0.2) is 33.8 Å². The number of amides is 1. The minimum Gasteiger partial charge on any atom is -0.338 e. The Morgan fingerprint density at radius 1 is 1.03 bits per heavy atom. The number of carbonyl (C=O) groups is 1. The lowest BCUT2D eigenvalue weighted by atomic mass is 10.0. The minimum absolute atomic E-state index is 0.261. The summed E-state index contributed by atoms with van der Waals surface area (Å²) < 4.78 is 0. The molecule has 0 aromatic carbocycles. The van der Waals surface area contributed by atoms with E-state index < -0.39 is 0 Å². The van der Waals surface area contributed by atoms with E-state index in [1.54, 1.807) is 0 Å². The molecular formula is C25H41N5O. The second-order valence-corrected chi connectivity index (χ2v) is 8.40. The molecule has 0 saturated heterocycles. The lowest BCUT2D eigenvalue weighted by molar-refractivity contribution is -0.132. The number of nitrogens with zero attached hydrogens (tertiary/aromatic N) is 4. The molecule has 0 atom stereocenters. The smallest absolute Gasteiger partial charge is 0.222 e. The van der Waals surface area contributed by atoms with Crippen LogP contribution in [0, 0.1) is 0 Å². The van der Waals surface area contributed by atoms with Crippen molar-refractivity contribution < 1.29 is 4.79 Å². The van der Waals surface area contributed by atoms with E-state index in [4.69, 9.17) is 0 Å². The molecule has 1 aliphatic heterocycles. The van der Waals surface area contributed by atoms with Crippen LogP contribution < -0.4 is 5.43 Å². The van der Waals surface area contributed by atoms with E-state index in [0.29, 0.717) is 18.8 Å². The summed E-state index contributed by atoms with van der Waals surface area (Å²) in [6.07, 6.45) is 20.8. The van der Waals surface area contributed by atoms with Crippen molar-refractivity contribution in [1.82, 2.24) is 15.1 Å². The maximum Gasteiger partial charge on any atom is 0.222 e. The first-order valence-electron chi connectivity index (χ1n) is 12.3. The molecule has 0 fully saturated rings. The predicted molar refractivity (Wildman–Crippen MR) is 129 cm³/mol. The maximum atomic E-state index is 12.6. The fourth-order valence-electron chi connectivity index (χ4n) is 3.69. The van der Waals surface area contributed by atoms with E-state index >= 15 is 0 Å². The van der Waals surface area contributed by atoms with Gasteiger partial charge in [0.2, 0.25) is 5.91 Å². The quantitative estimate of drug-likeness (QED) is 0.160. The van der Waals surface area contributed by atoms with Crippen molar-refractivity contribution in [2.24, 2.45) is 5.10 Å². The van der Waals surface area contributed by atoms with Crippen LogP contribution in [0.4, 0.5) is 5.82 Å². The zero-order valence-electron chi connectivity index (χ0n) is 19.6. The van der Waals surface area contributed by atoms with Crippen molar-refractivity contribution in [3.63, 3.8) is 0 Å². The van der Waals surface area contributed by atoms with Crippen LogP contribution >= 0.6 is 0 Å². The highest BCUT2D eigenvalue weighted by Crippen LogP contribution is 2.20. The van der Waals surface area contributed by atoms with E-state index in [9.17, 15) is 4.79 Å². The van der Waals surface area contributed by atoms with Gasteiger partial charge in [0.05, 0.1) is 5.69 Å². The van der Waals surface area contributed by atoms with Gasteiger partial charge in [-0.2, -0.15) is 10.2 Å². The zero-order chi connectivity index (χ0) is 22.2. The van der Waals surface area contributed by atoms with Crippen LogP contribution in [-0.2, 0) is 17.8 Å². The number of hydrogen-bond donors (Lipinski definition) is 1. The van der Waals surface area contributed by atoms with Crippen LogP contribution in [0.5, 0.6) is 0 Å². The van der Waals surface area contributed by atoms with Gasteiger partial charge in [0.1, 0.15) is 0 Å². The highest BCUT2D eigenvalue weighted by molar-refractivity contribution is 5.76. The molecule has 31 heavy (non-hydrogen) atoms. The maximum absolute atomic E-state index is 12.6. The molecule has 0 bridgehead atoms. The molecule has 1 N–H and O–H groups in total. The second-order valence-electron chi connectivity index (χ2n) is 8.40. The number of hydrogen-bond acceptors (Lipinski definition) is 5. The molecule has 1 aliphatic rings. The topological polar surface area (TPSA) is 70.5 Å². The van der Waals surface area contributed by atoms with E-state index in [1.165, 1.54) is 44.9 Å². The number of fused-ring (bicyclic) bond motifs is 1. The molecule has 6 nitrogen and oxygen atoms in total. The normalized spacial score (nSPS) is 13.8. The SMILES string of the molecule is CCCC=NNc1cc2c(nn1)CCN(C(=O)CCCCCCC/C=C\CCCC)C2. The summed E-state index contributed by atoms with van der Waals surface area (Å²) in [5.74, 6) is 0.900. The van der Waals surface area contributed by atoms with Gasteiger partial charge in [-0.15, -0.1) is 5.10 Å². The van der Waals surface area contributed by atoms with Gasteiger partial charge in [-0.05, 0) is 43.7 Å². The lowest BCUT2D eigenvalue weighted by Crippen LogP contribution is -2.36. The van der Waals surface area contributed by atoms with Gasteiger partial charge in [-0.1, -0.05) is 64.5 Å². The Morgan fingerprint density at radius 2 is 1.81 bits per heavy atom. The van der Waals surface area contributed by atoms with Gasteiger partial charge in [0.25, 0.3) is 0 Å². The highest BCUT2D eigenvalue weighted by Gasteiger charge is 2.22. The Hall–Kier alpha value is -2.24. The van der Waals surface area contributed by atoms with E-state index in [1.807, 2.05) is 17.2 Å². The molecule has 2 rings (SSSR count). The Balaban J connectivity index is 1.63. The first-order valence-corrected chi connectivity index (χ1v) is 12.3. The molecule has 0 saturated carbocycles. The lowest BCUT2D eigenvalue weighted by Gasteiger charge is -2.28. The molecule has 6 heteroatoms.